The predicted octanol–water partition coefficient (Wildman–Crippen LogP) is 2.29. The molecule has 1 aliphatic carbocycles. The maximum absolute atomic E-state index is 12.0. The monoisotopic (exact) mass is 300 g/mol. The van der Waals surface area contributed by atoms with E-state index in [4.69, 9.17) is 5.73 Å². The van der Waals surface area contributed by atoms with Gasteiger partial charge in [0.1, 0.15) is 0 Å². The summed E-state index contributed by atoms with van der Waals surface area (Å²) in [4.78, 5) is 12.0. The van der Waals surface area contributed by atoms with Gasteiger partial charge in [0, 0.05) is 0 Å². The number of fused-ring (bicyclic) bond motifs is 1. The lowest BCUT2D eigenvalue weighted by Crippen LogP contribution is -2.42. The molecule has 0 aromatic heterocycles. The molecule has 1 amide bonds. The molecule has 0 saturated carbocycles. The summed E-state index contributed by atoms with van der Waals surface area (Å²) in [5.74, 6) is 0.904. The van der Waals surface area contributed by atoms with Crippen LogP contribution < -0.4 is 11.1 Å². The molecule has 0 saturated heterocycles. The maximum atomic E-state index is 12.0. The highest BCUT2D eigenvalue weighted by molar-refractivity contribution is 7.98. The van der Waals surface area contributed by atoms with Gasteiger partial charge in [-0.25, -0.2) is 0 Å². The van der Waals surface area contributed by atoms with Crippen molar-refractivity contribution in [2.75, 3.05) is 12.0 Å². The second-order valence-corrected chi connectivity index (χ2v) is 5.67. The molecule has 2 rings (SSSR count). The average Bonchev–Trinajstić information content (AvgIpc) is 2.79. The lowest BCUT2D eigenvalue weighted by molar-refractivity contribution is -0.123. The van der Waals surface area contributed by atoms with Crippen molar-refractivity contribution in [2.45, 2.75) is 31.3 Å². The fourth-order valence-corrected chi connectivity index (χ4v) is 2.85. The topological polar surface area (TPSA) is 55.1 Å². The molecule has 0 heterocycles. The SMILES string of the molecule is CSCC[C@H](N)C(=O)NC1CCc2ccccc21.Cl. The fourth-order valence-electron chi connectivity index (χ4n) is 2.36. The summed E-state index contributed by atoms with van der Waals surface area (Å²) in [5.41, 5.74) is 8.48. The van der Waals surface area contributed by atoms with Crippen LogP contribution in [0.5, 0.6) is 0 Å². The number of amides is 1. The molecule has 0 bridgehead atoms. The van der Waals surface area contributed by atoms with E-state index >= 15 is 0 Å². The van der Waals surface area contributed by atoms with Crippen molar-refractivity contribution in [3.05, 3.63) is 35.4 Å². The van der Waals surface area contributed by atoms with Gasteiger partial charge in [0.2, 0.25) is 5.91 Å². The molecular formula is C14H21ClN2OS. The number of nitrogens with one attached hydrogen (secondary N) is 1. The number of aryl methyl sites for hydroxylation is 1. The van der Waals surface area contributed by atoms with E-state index < -0.39 is 0 Å². The first kappa shape index (κ1) is 16.3. The van der Waals surface area contributed by atoms with Crippen LogP contribution in [0.1, 0.15) is 30.0 Å². The molecule has 0 fully saturated rings. The predicted molar refractivity (Wildman–Crippen MR) is 83.9 cm³/mol. The third-order valence-corrected chi connectivity index (χ3v) is 4.06. The van der Waals surface area contributed by atoms with E-state index in [1.54, 1.807) is 11.8 Å². The smallest absolute Gasteiger partial charge is 0.237 e. The van der Waals surface area contributed by atoms with Crippen LogP contribution in [0.15, 0.2) is 24.3 Å². The van der Waals surface area contributed by atoms with Gasteiger partial charge in [-0.2, -0.15) is 11.8 Å². The van der Waals surface area contributed by atoms with Gasteiger partial charge in [-0.1, -0.05) is 24.3 Å². The Morgan fingerprint density at radius 2 is 2.26 bits per heavy atom. The van der Waals surface area contributed by atoms with Crippen LogP contribution in [0.4, 0.5) is 0 Å². The molecule has 5 heteroatoms. The zero-order chi connectivity index (χ0) is 13.0. The summed E-state index contributed by atoms with van der Waals surface area (Å²) in [6.45, 7) is 0. The highest BCUT2D eigenvalue weighted by Gasteiger charge is 2.25. The standard InChI is InChI=1S/C14H20N2OS.ClH/c1-18-9-8-12(15)14(17)16-13-7-6-10-4-2-3-5-11(10)13;/h2-5,12-13H,6-9,15H2,1H3,(H,16,17);1H/t12-,13?;/m0./s1. The Kier molecular flexibility index (Phi) is 6.69. The van der Waals surface area contributed by atoms with E-state index in [9.17, 15) is 4.79 Å². The molecule has 1 aromatic carbocycles. The Bertz CT molecular complexity index is 428. The number of benzene rings is 1. The van der Waals surface area contributed by atoms with Crippen LogP contribution in [-0.2, 0) is 11.2 Å². The molecule has 1 unspecified atom stereocenters. The lowest BCUT2D eigenvalue weighted by atomic mass is 10.1. The number of hydrogen-bond acceptors (Lipinski definition) is 3. The van der Waals surface area contributed by atoms with Gasteiger partial charge in [-0.05, 0) is 42.4 Å². The summed E-state index contributed by atoms with van der Waals surface area (Å²) in [6.07, 6.45) is 4.79. The van der Waals surface area contributed by atoms with Crippen molar-refractivity contribution in [1.82, 2.24) is 5.32 Å². The van der Waals surface area contributed by atoms with Crippen LogP contribution in [0.3, 0.4) is 0 Å². The summed E-state index contributed by atoms with van der Waals surface area (Å²) < 4.78 is 0. The number of hydrogen-bond donors (Lipinski definition) is 2. The first-order valence-electron chi connectivity index (χ1n) is 6.35. The molecule has 2 atom stereocenters. The molecule has 0 radical (unpaired) electrons. The lowest BCUT2D eigenvalue weighted by Gasteiger charge is -2.17. The van der Waals surface area contributed by atoms with Crippen molar-refractivity contribution >= 4 is 30.1 Å². The highest BCUT2D eigenvalue weighted by atomic mass is 35.5. The maximum Gasteiger partial charge on any atom is 0.237 e. The number of thioether (sulfide) groups is 1. The minimum Gasteiger partial charge on any atom is -0.348 e. The summed E-state index contributed by atoms with van der Waals surface area (Å²) in [5, 5.41) is 3.07. The van der Waals surface area contributed by atoms with E-state index in [2.05, 4.69) is 17.4 Å². The van der Waals surface area contributed by atoms with Gasteiger partial charge in [-0.3, -0.25) is 4.79 Å². The van der Waals surface area contributed by atoms with Gasteiger partial charge in [0.05, 0.1) is 12.1 Å². The Balaban J connectivity index is 0.00000180. The third kappa shape index (κ3) is 4.13. The average molecular weight is 301 g/mol. The number of carbonyl (C=O) groups is 1. The van der Waals surface area contributed by atoms with Crippen molar-refractivity contribution in [2.24, 2.45) is 5.73 Å². The fraction of sp³-hybridized carbons (Fsp3) is 0.500. The van der Waals surface area contributed by atoms with Crippen molar-refractivity contribution in [1.29, 1.82) is 0 Å². The summed E-state index contributed by atoms with van der Waals surface area (Å²) in [6, 6.07) is 8.07. The quantitative estimate of drug-likeness (QED) is 0.877. The summed E-state index contributed by atoms with van der Waals surface area (Å²) in [7, 11) is 0. The Labute approximate surface area is 125 Å². The van der Waals surface area contributed by atoms with Gasteiger partial charge in [0.15, 0.2) is 0 Å². The zero-order valence-corrected chi connectivity index (χ0v) is 12.7. The normalized spacial score (nSPS) is 18.3. The number of carbonyl (C=O) groups excluding carboxylic acids is 1. The molecule has 3 nitrogen and oxygen atoms in total. The molecule has 0 aliphatic heterocycles. The summed E-state index contributed by atoms with van der Waals surface area (Å²) >= 11 is 1.72. The minimum atomic E-state index is -0.384. The minimum absolute atomic E-state index is 0. The molecule has 1 aliphatic rings. The van der Waals surface area contributed by atoms with E-state index in [1.165, 1.54) is 11.1 Å². The molecular weight excluding hydrogens is 280 g/mol. The zero-order valence-electron chi connectivity index (χ0n) is 11.1. The van der Waals surface area contributed by atoms with E-state index in [1.807, 2.05) is 18.4 Å². The van der Waals surface area contributed by atoms with Crippen LogP contribution in [0.25, 0.3) is 0 Å². The second-order valence-electron chi connectivity index (χ2n) is 4.69. The van der Waals surface area contributed by atoms with E-state index in [-0.39, 0.29) is 30.4 Å². The van der Waals surface area contributed by atoms with Gasteiger partial charge in [-0.15, -0.1) is 12.4 Å². The van der Waals surface area contributed by atoms with Crippen molar-refractivity contribution < 1.29 is 4.79 Å². The first-order chi connectivity index (χ1) is 8.72. The molecule has 0 spiro atoms. The third-order valence-electron chi connectivity index (χ3n) is 3.42. The van der Waals surface area contributed by atoms with Crippen molar-refractivity contribution in [3.63, 3.8) is 0 Å². The van der Waals surface area contributed by atoms with Crippen LogP contribution in [-0.4, -0.2) is 24.0 Å². The van der Waals surface area contributed by atoms with Crippen LogP contribution >= 0.6 is 24.2 Å². The van der Waals surface area contributed by atoms with Crippen LogP contribution in [0, 0.1) is 0 Å². The second kappa shape index (κ2) is 7.78. The molecule has 106 valence electrons. The molecule has 1 aromatic rings. The van der Waals surface area contributed by atoms with Gasteiger partial charge < -0.3 is 11.1 Å². The van der Waals surface area contributed by atoms with E-state index in [0.29, 0.717) is 0 Å². The Morgan fingerprint density at radius 3 is 3.00 bits per heavy atom. The Hall–Kier alpha value is -0.710. The highest BCUT2D eigenvalue weighted by Crippen LogP contribution is 2.30. The van der Waals surface area contributed by atoms with Gasteiger partial charge in [0.25, 0.3) is 0 Å². The van der Waals surface area contributed by atoms with Crippen molar-refractivity contribution in [3.8, 4) is 0 Å². The molecule has 3 N–H and O–H groups in total. The van der Waals surface area contributed by atoms with Gasteiger partial charge >= 0.3 is 0 Å². The number of rotatable bonds is 5. The van der Waals surface area contributed by atoms with Crippen LogP contribution in [0.2, 0.25) is 0 Å². The number of nitrogens with two attached hydrogens (primary N) is 1. The Morgan fingerprint density at radius 1 is 1.53 bits per heavy atom. The number of halogens is 1. The molecule has 19 heavy (non-hydrogen) atoms. The first-order valence-corrected chi connectivity index (χ1v) is 7.74. The van der Waals surface area contributed by atoms with E-state index in [0.717, 1.165) is 25.0 Å². The largest absolute Gasteiger partial charge is 0.348 e.